The fourth-order valence-electron chi connectivity index (χ4n) is 4.19. The maximum absolute atomic E-state index is 13.8. The highest BCUT2D eigenvalue weighted by Crippen LogP contribution is 2.38. The minimum absolute atomic E-state index is 0.101. The van der Waals surface area contributed by atoms with Crippen molar-refractivity contribution >= 4 is 10.0 Å². The van der Waals surface area contributed by atoms with Crippen LogP contribution < -0.4 is 9.47 Å². The van der Waals surface area contributed by atoms with Crippen LogP contribution >= 0.6 is 0 Å². The lowest BCUT2D eigenvalue weighted by Crippen LogP contribution is -2.33. The standard InChI is InChI=1S/C28H28FN3O4S/c1-3-27-26(19-31(21-13-14-21)37(33,34)25-17-15-23(35-2)16-18-25)28(36-24-7-5-4-6-8-24)32(30-27)22-11-9-20(29)10-12-22/h4-12,15-18,21H,3,13-14,19H2,1-2H3. The molecule has 1 aromatic heterocycles. The number of nitrogens with zero attached hydrogens (tertiary/aromatic N) is 3. The molecule has 7 nitrogen and oxygen atoms in total. The SMILES string of the molecule is CCc1nn(-c2ccc(F)cc2)c(Oc2ccccc2)c1CN(C1CC1)S(=O)(=O)c1ccc(OC)cc1. The van der Waals surface area contributed by atoms with E-state index in [0.29, 0.717) is 40.7 Å². The second kappa shape index (κ2) is 10.4. The topological polar surface area (TPSA) is 73.7 Å². The maximum atomic E-state index is 13.8. The molecule has 0 unspecified atom stereocenters. The van der Waals surface area contributed by atoms with Gasteiger partial charge in [0.1, 0.15) is 17.3 Å². The molecule has 192 valence electrons. The highest BCUT2D eigenvalue weighted by molar-refractivity contribution is 7.89. The second-order valence-corrected chi connectivity index (χ2v) is 10.7. The molecule has 0 saturated heterocycles. The fourth-order valence-corrected chi connectivity index (χ4v) is 5.85. The second-order valence-electron chi connectivity index (χ2n) is 8.84. The lowest BCUT2D eigenvalue weighted by atomic mass is 10.2. The third-order valence-corrected chi connectivity index (χ3v) is 8.23. The van der Waals surface area contributed by atoms with Crippen molar-refractivity contribution in [2.45, 2.75) is 43.7 Å². The summed E-state index contributed by atoms with van der Waals surface area (Å²) in [5.74, 6) is 1.23. The predicted molar refractivity (Wildman–Crippen MR) is 138 cm³/mol. The molecule has 9 heteroatoms. The first-order valence-electron chi connectivity index (χ1n) is 12.2. The van der Waals surface area contributed by atoms with Gasteiger partial charge in [-0.1, -0.05) is 25.1 Å². The quantitative estimate of drug-likeness (QED) is 0.267. The summed E-state index contributed by atoms with van der Waals surface area (Å²) in [7, 11) is -2.26. The summed E-state index contributed by atoms with van der Waals surface area (Å²) >= 11 is 0. The van der Waals surface area contributed by atoms with Gasteiger partial charge in [-0.15, -0.1) is 0 Å². The van der Waals surface area contributed by atoms with Crippen LogP contribution in [0.2, 0.25) is 0 Å². The summed E-state index contributed by atoms with van der Waals surface area (Å²) in [5, 5.41) is 4.77. The zero-order valence-corrected chi connectivity index (χ0v) is 21.5. The molecule has 0 spiro atoms. The number of halogens is 1. The monoisotopic (exact) mass is 521 g/mol. The fraction of sp³-hybridized carbons (Fsp3) is 0.250. The average Bonchev–Trinajstić information content (AvgIpc) is 3.70. The van der Waals surface area contributed by atoms with E-state index in [9.17, 15) is 12.8 Å². The van der Waals surface area contributed by atoms with Crippen molar-refractivity contribution in [1.82, 2.24) is 14.1 Å². The summed E-state index contributed by atoms with van der Waals surface area (Å²) in [5.41, 5.74) is 2.01. The van der Waals surface area contributed by atoms with Gasteiger partial charge in [0.25, 0.3) is 0 Å². The van der Waals surface area contributed by atoms with E-state index in [1.54, 1.807) is 48.2 Å². The molecule has 0 radical (unpaired) electrons. The van der Waals surface area contributed by atoms with Gasteiger partial charge in [0.2, 0.25) is 15.9 Å². The molecule has 1 aliphatic carbocycles. The van der Waals surface area contributed by atoms with Gasteiger partial charge in [-0.2, -0.15) is 9.40 Å². The molecule has 0 bridgehead atoms. The molecular weight excluding hydrogens is 493 g/mol. The highest BCUT2D eigenvalue weighted by atomic mass is 32.2. The summed E-state index contributed by atoms with van der Waals surface area (Å²) < 4.78 is 55.9. The molecule has 4 aromatic rings. The zero-order valence-electron chi connectivity index (χ0n) is 20.7. The average molecular weight is 522 g/mol. The van der Waals surface area contributed by atoms with E-state index in [4.69, 9.17) is 14.6 Å². The molecule has 1 fully saturated rings. The van der Waals surface area contributed by atoms with Crippen LogP contribution in [-0.2, 0) is 23.0 Å². The Morgan fingerprint density at radius 2 is 1.65 bits per heavy atom. The van der Waals surface area contributed by atoms with Gasteiger partial charge in [-0.3, -0.25) is 0 Å². The van der Waals surface area contributed by atoms with Crippen molar-refractivity contribution in [1.29, 1.82) is 0 Å². The molecular formula is C28H28FN3O4S. The minimum Gasteiger partial charge on any atom is -0.497 e. The van der Waals surface area contributed by atoms with Gasteiger partial charge in [0, 0.05) is 12.6 Å². The van der Waals surface area contributed by atoms with Crippen LogP contribution in [0.1, 0.15) is 31.0 Å². The van der Waals surface area contributed by atoms with Gasteiger partial charge in [0.15, 0.2) is 0 Å². The molecule has 0 aliphatic heterocycles. The number of para-hydroxylation sites is 1. The number of rotatable bonds is 10. The van der Waals surface area contributed by atoms with Crippen LogP contribution in [0.15, 0.2) is 83.8 Å². The van der Waals surface area contributed by atoms with E-state index in [2.05, 4.69) is 0 Å². The summed E-state index contributed by atoms with van der Waals surface area (Å²) in [6, 6.07) is 21.5. The molecule has 1 heterocycles. The molecule has 1 aliphatic rings. The molecule has 0 N–H and O–H groups in total. The Labute approximate surface area is 216 Å². The van der Waals surface area contributed by atoms with Crippen LogP contribution in [0.25, 0.3) is 5.69 Å². The molecule has 0 amide bonds. The smallest absolute Gasteiger partial charge is 0.243 e. The van der Waals surface area contributed by atoms with Gasteiger partial charge in [-0.05, 0) is 79.9 Å². The van der Waals surface area contributed by atoms with E-state index in [-0.39, 0.29) is 23.3 Å². The van der Waals surface area contributed by atoms with Crippen LogP contribution in [0.5, 0.6) is 17.4 Å². The van der Waals surface area contributed by atoms with E-state index >= 15 is 0 Å². The first-order chi connectivity index (χ1) is 17.9. The van der Waals surface area contributed by atoms with Crippen molar-refractivity contribution in [2.24, 2.45) is 0 Å². The molecule has 0 atom stereocenters. The Kier molecular flexibility index (Phi) is 6.99. The van der Waals surface area contributed by atoms with Gasteiger partial charge in [0.05, 0.1) is 29.0 Å². The van der Waals surface area contributed by atoms with Gasteiger partial charge < -0.3 is 9.47 Å². The Bertz CT molecular complexity index is 1470. The normalized spacial score (nSPS) is 13.6. The Hall–Kier alpha value is -3.69. The van der Waals surface area contributed by atoms with E-state index in [1.807, 2.05) is 37.3 Å². The highest BCUT2D eigenvalue weighted by Gasteiger charge is 2.40. The number of ether oxygens (including phenoxy) is 2. The number of aromatic nitrogens is 2. The first kappa shape index (κ1) is 25.0. The largest absolute Gasteiger partial charge is 0.497 e. The van der Waals surface area contributed by atoms with Crippen molar-refractivity contribution in [3.63, 3.8) is 0 Å². The third-order valence-electron chi connectivity index (χ3n) is 6.32. The number of hydrogen-bond donors (Lipinski definition) is 0. The van der Waals surface area contributed by atoms with Crippen LogP contribution in [0, 0.1) is 5.82 Å². The van der Waals surface area contributed by atoms with Crippen molar-refractivity contribution < 1.29 is 22.3 Å². The Morgan fingerprint density at radius 1 is 0.973 bits per heavy atom. The lowest BCUT2D eigenvalue weighted by molar-refractivity contribution is 0.383. The van der Waals surface area contributed by atoms with Crippen LogP contribution in [0.4, 0.5) is 4.39 Å². The molecule has 1 saturated carbocycles. The lowest BCUT2D eigenvalue weighted by Gasteiger charge is -2.23. The van der Waals surface area contributed by atoms with Crippen LogP contribution in [0.3, 0.4) is 0 Å². The Morgan fingerprint density at radius 3 is 2.24 bits per heavy atom. The number of benzene rings is 3. The van der Waals surface area contributed by atoms with Gasteiger partial charge in [-0.25, -0.2) is 17.5 Å². The summed E-state index contributed by atoms with van der Waals surface area (Å²) in [4.78, 5) is 0.203. The molecule has 3 aromatic carbocycles. The van der Waals surface area contributed by atoms with Crippen molar-refractivity contribution in [3.8, 4) is 23.1 Å². The van der Waals surface area contributed by atoms with Crippen molar-refractivity contribution in [3.05, 3.63) is 95.9 Å². The van der Waals surface area contributed by atoms with E-state index in [0.717, 1.165) is 12.8 Å². The number of hydrogen-bond acceptors (Lipinski definition) is 5. The summed E-state index contributed by atoms with van der Waals surface area (Å²) in [6.07, 6.45) is 2.14. The number of methoxy groups -OCH3 is 1. The third kappa shape index (κ3) is 5.23. The van der Waals surface area contributed by atoms with E-state index in [1.165, 1.54) is 16.4 Å². The van der Waals surface area contributed by atoms with E-state index < -0.39 is 10.0 Å². The number of sulfonamides is 1. The predicted octanol–water partition coefficient (Wildman–Crippen LogP) is 5.73. The van der Waals surface area contributed by atoms with Crippen LogP contribution in [-0.4, -0.2) is 35.7 Å². The summed E-state index contributed by atoms with van der Waals surface area (Å²) in [6.45, 7) is 2.07. The number of aryl methyl sites for hydroxylation is 1. The Balaban J connectivity index is 1.60. The molecule has 5 rings (SSSR count). The van der Waals surface area contributed by atoms with Crippen molar-refractivity contribution in [2.75, 3.05) is 7.11 Å². The minimum atomic E-state index is -3.80. The van der Waals surface area contributed by atoms with Gasteiger partial charge >= 0.3 is 0 Å². The zero-order chi connectivity index (χ0) is 26.0. The first-order valence-corrected chi connectivity index (χ1v) is 13.6. The molecule has 37 heavy (non-hydrogen) atoms. The maximum Gasteiger partial charge on any atom is 0.243 e.